The van der Waals surface area contributed by atoms with E-state index < -0.39 is 0 Å². The molecule has 0 aliphatic carbocycles. The molecular formula is C17H18N6O. The number of aromatic amines is 1. The minimum absolute atomic E-state index is 0.521. The first-order chi connectivity index (χ1) is 11.7. The Morgan fingerprint density at radius 2 is 2.00 bits per heavy atom. The molecule has 0 radical (unpaired) electrons. The van der Waals surface area contributed by atoms with Gasteiger partial charge in [-0.05, 0) is 37.1 Å². The van der Waals surface area contributed by atoms with Gasteiger partial charge in [0.05, 0.1) is 17.3 Å². The minimum atomic E-state index is 0.521. The van der Waals surface area contributed by atoms with Crippen molar-refractivity contribution in [1.82, 2.24) is 25.0 Å². The summed E-state index contributed by atoms with van der Waals surface area (Å²) >= 11 is 0. The second kappa shape index (κ2) is 6.96. The van der Waals surface area contributed by atoms with E-state index in [1.165, 1.54) is 6.33 Å². The Bertz CT molecular complexity index is 843. The molecule has 0 amide bonds. The van der Waals surface area contributed by atoms with Crippen LogP contribution >= 0.6 is 0 Å². The molecule has 122 valence electrons. The smallest absolute Gasteiger partial charge is 0.171 e. The van der Waals surface area contributed by atoms with Crippen LogP contribution in [0, 0.1) is 11.3 Å². The lowest BCUT2D eigenvalue weighted by atomic mass is 10.2. The number of rotatable bonds is 6. The molecule has 0 saturated heterocycles. The number of H-pyrrole nitrogens is 1. The van der Waals surface area contributed by atoms with Gasteiger partial charge in [-0.15, -0.1) is 0 Å². The lowest BCUT2D eigenvalue weighted by Crippen LogP contribution is -2.07. The van der Waals surface area contributed by atoms with E-state index in [1.807, 2.05) is 11.6 Å². The quantitative estimate of drug-likeness (QED) is 0.753. The van der Waals surface area contributed by atoms with Gasteiger partial charge in [0.15, 0.2) is 5.75 Å². The van der Waals surface area contributed by atoms with Gasteiger partial charge in [0.2, 0.25) is 0 Å². The lowest BCUT2D eigenvalue weighted by Gasteiger charge is -2.09. The van der Waals surface area contributed by atoms with Crippen LogP contribution in [0.5, 0.6) is 11.5 Å². The molecule has 0 aliphatic heterocycles. The highest BCUT2D eigenvalue weighted by Gasteiger charge is 2.18. The zero-order valence-electron chi connectivity index (χ0n) is 13.7. The average Bonchev–Trinajstić information content (AvgIpc) is 3.23. The summed E-state index contributed by atoms with van der Waals surface area (Å²) in [5.41, 5.74) is 2.51. The molecule has 24 heavy (non-hydrogen) atoms. The van der Waals surface area contributed by atoms with E-state index in [0.29, 0.717) is 17.9 Å². The van der Waals surface area contributed by atoms with E-state index in [1.54, 1.807) is 24.3 Å². The Labute approximate surface area is 139 Å². The van der Waals surface area contributed by atoms with Crippen LogP contribution in [0.25, 0.3) is 0 Å². The maximum atomic E-state index is 8.89. The Balaban J connectivity index is 1.93. The SMILES string of the molecule is CCc1nn(Cc2ncn[nH]2)c(CC)c1Oc1ccc(C#N)cc1. The molecule has 0 unspecified atom stereocenters. The fourth-order valence-corrected chi connectivity index (χ4v) is 2.52. The maximum absolute atomic E-state index is 8.89. The zero-order valence-corrected chi connectivity index (χ0v) is 13.7. The molecule has 2 aromatic heterocycles. The van der Waals surface area contributed by atoms with Crippen LogP contribution in [0.1, 0.15) is 36.6 Å². The van der Waals surface area contributed by atoms with Crippen LogP contribution in [-0.4, -0.2) is 25.0 Å². The van der Waals surface area contributed by atoms with Gasteiger partial charge in [0, 0.05) is 0 Å². The first-order valence-electron chi connectivity index (χ1n) is 7.86. The maximum Gasteiger partial charge on any atom is 0.171 e. The number of hydrogen-bond donors (Lipinski definition) is 1. The van der Waals surface area contributed by atoms with Gasteiger partial charge in [-0.25, -0.2) is 4.98 Å². The highest BCUT2D eigenvalue weighted by atomic mass is 16.5. The lowest BCUT2D eigenvalue weighted by molar-refractivity contribution is 0.468. The molecule has 7 heteroatoms. The Morgan fingerprint density at radius 3 is 2.58 bits per heavy atom. The van der Waals surface area contributed by atoms with Crippen molar-refractivity contribution in [1.29, 1.82) is 5.26 Å². The topological polar surface area (TPSA) is 92.4 Å². The van der Waals surface area contributed by atoms with Crippen molar-refractivity contribution in [3.63, 3.8) is 0 Å². The molecule has 2 heterocycles. The number of nitriles is 1. The molecule has 0 bridgehead atoms. The molecule has 0 aliphatic rings. The number of nitrogens with zero attached hydrogens (tertiary/aromatic N) is 5. The summed E-state index contributed by atoms with van der Waals surface area (Å²) in [4.78, 5) is 4.16. The molecule has 0 saturated carbocycles. The monoisotopic (exact) mass is 322 g/mol. The molecule has 1 aromatic carbocycles. The predicted molar refractivity (Wildman–Crippen MR) is 87.7 cm³/mol. The molecule has 3 rings (SSSR count). The normalized spacial score (nSPS) is 10.5. The van der Waals surface area contributed by atoms with Gasteiger partial charge in [-0.3, -0.25) is 9.78 Å². The fraction of sp³-hybridized carbons (Fsp3) is 0.294. The summed E-state index contributed by atoms with van der Waals surface area (Å²) < 4.78 is 7.98. The zero-order chi connectivity index (χ0) is 16.9. The first-order valence-corrected chi connectivity index (χ1v) is 7.86. The van der Waals surface area contributed by atoms with Crippen molar-refractivity contribution < 1.29 is 4.74 Å². The number of aryl methyl sites for hydroxylation is 1. The highest BCUT2D eigenvalue weighted by Crippen LogP contribution is 2.30. The van der Waals surface area contributed by atoms with E-state index in [9.17, 15) is 0 Å². The summed E-state index contributed by atoms with van der Waals surface area (Å²) in [7, 11) is 0. The number of hydrogen-bond acceptors (Lipinski definition) is 5. The standard InChI is InChI=1S/C17H18N6O/c1-3-14-17(24-13-7-5-12(9-18)6-8-13)15(4-2)23(22-14)10-16-19-11-20-21-16/h5-8,11H,3-4,10H2,1-2H3,(H,19,20,21). The third-order valence-electron chi connectivity index (χ3n) is 3.71. The predicted octanol–water partition coefficient (Wildman–Crippen LogP) is 2.84. The summed E-state index contributed by atoms with van der Waals surface area (Å²) in [5, 5.41) is 20.3. The Morgan fingerprint density at radius 1 is 1.21 bits per heavy atom. The van der Waals surface area contributed by atoms with Crippen molar-refractivity contribution >= 4 is 0 Å². The highest BCUT2D eigenvalue weighted by molar-refractivity contribution is 5.41. The van der Waals surface area contributed by atoms with Crippen LogP contribution in [0.2, 0.25) is 0 Å². The van der Waals surface area contributed by atoms with Crippen LogP contribution in [0.4, 0.5) is 0 Å². The van der Waals surface area contributed by atoms with Crippen LogP contribution in [-0.2, 0) is 19.4 Å². The molecule has 7 nitrogen and oxygen atoms in total. The van der Waals surface area contributed by atoms with E-state index in [-0.39, 0.29) is 0 Å². The van der Waals surface area contributed by atoms with E-state index in [0.717, 1.165) is 35.8 Å². The third-order valence-corrected chi connectivity index (χ3v) is 3.71. The summed E-state index contributed by atoms with van der Waals surface area (Å²) in [6.45, 7) is 4.64. The van der Waals surface area contributed by atoms with E-state index in [4.69, 9.17) is 10.00 Å². The summed E-state index contributed by atoms with van der Waals surface area (Å²) in [5.74, 6) is 2.22. The molecule has 0 spiro atoms. The molecule has 1 N–H and O–H groups in total. The van der Waals surface area contributed by atoms with E-state index >= 15 is 0 Å². The van der Waals surface area contributed by atoms with Gasteiger partial charge in [-0.2, -0.15) is 15.5 Å². The Kier molecular flexibility index (Phi) is 4.57. The molecule has 0 fully saturated rings. The van der Waals surface area contributed by atoms with E-state index in [2.05, 4.69) is 33.3 Å². The molecule has 0 atom stereocenters. The summed E-state index contributed by atoms with van der Waals surface area (Å²) in [6, 6.07) is 9.18. The van der Waals surface area contributed by atoms with Crippen LogP contribution in [0.15, 0.2) is 30.6 Å². The van der Waals surface area contributed by atoms with Crippen LogP contribution < -0.4 is 4.74 Å². The third kappa shape index (κ3) is 3.13. The van der Waals surface area contributed by atoms with Gasteiger partial charge in [-0.1, -0.05) is 13.8 Å². The van der Waals surface area contributed by atoms with Crippen molar-refractivity contribution in [3.05, 3.63) is 53.4 Å². The molecule has 3 aromatic rings. The van der Waals surface area contributed by atoms with Crippen molar-refractivity contribution in [2.75, 3.05) is 0 Å². The number of ether oxygens (including phenoxy) is 1. The fourth-order valence-electron chi connectivity index (χ4n) is 2.52. The van der Waals surface area contributed by atoms with Gasteiger partial charge in [0.1, 0.15) is 30.1 Å². The Hall–Kier alpha value is -3.14. The summed E-state index contributed by atoms with van der Waals surface area (Å²) in [6.07, 6.45) is 3.04. The second-order valence-corrected chi connectivity index (χ2v) is 5.26. The van der Waals surface area contributed by atoms with Gasteiger partial charge in [0.25, 0.3) is 0 Å². The minimum Gasteiger partial charge on any atom is -0.453 e. The number of nitrogens with one attached hydrogen (secondary N) is 1. The van der Waals surface area contributed by atoms with Crippen molar-refractivity contribution in [2.45, 2.75) is 33.2 Å². The van der Waals surface area contributed by atoms with Gasteiger partial charge < -0.3 is 4.74 Å². The second-order valence-electron chi connectivity index (χ2n) is 5.26. The number of benzene rings is 1. The average molecular weight is 322 g/mol. The first kappa shape index (κ1) is 15.7. The molecular weight excluding hydrogens is 304 g/mol. The van der Waals surface area contributed by atoms with Crippen molar-refractivity contribution in [2.24, 2.45) is 0 Å². The van der Waals surface area contributed by atoms with Crippen molar-refractivity contribution in [3.8, 4) is 17.6 Å². The largest absolute Gasteiger partial charge is 0.453 e. The van der Waals surface area contributed by atoms with Gasteiger partial charge >= 0.3 is 0 Å². The van der Waals surface area contributed by atoms with Crippen LogP contribution in [0.3, 0.4) is 0 Å². The number of aromatic nitrogens is 5.